The Bertz CT molecular complexity index is 531. The molecule has 0 aliphatic carbocycles. The zero-order chi connectivity index (χ0) is 13.7. The van der Waals surface area contributed by atoms with Crippen molar-refractivity contribution in [3.8, 4) is 5.75 Å². The van der Waals surface area contributed by atoms with Crippen molar-refractivity contribution in [3.05, 3.63) is 58.3 Å². The summed E-state index contributed by atoms with van der Waals surface area (Å²) >= 11 is 3.48. The van der Waals surface area contributed by atoms with Crippen LogP contribution in [0.25, 0.3) is 0 Å². The minimum atomic E-state index is 0.248. The number of nitrogens with zero attached hydrogens (tertiary/aromatic N) is 1. The molecule has 2 rings (SSSR count). The second-order valence-corrected chi connectivity index (χ2v) is 5.26. The Balaban J connectivity index is 2.04. The topological polar surface area (TPSA) is 34.1 Å². The Morgan fingerprint density at radius 1 is 1.37 bits per heavy atom. The van der Waals surface area contributed by atoms with E-state index in [1.54, 1.807) is 13.3 Å². The monoisotopic (exact) mass is 320 g/mol. The second kappa shape index (κ2) is 6.68. The van der Waals surface area contributed by atoms with Gasteiger partial charge in [-0.25, -0.2) is 0 Å². The highest BCUT2D eigenvalue weighted by Crippen LogP contribution is 2.23. The molecular weight excluding hydrogens is 304 g/mol. The predicted molar refractivity (Wildman–Crippen MR) is 80.2 cm³/mol. The molecule has 100 valence electrons. The van der Waals surface area contributed by atoms with Crippen molar-refractivity contribution in [2.24, 2.45) is 0 Å². The van der Waals surface area contributed by atoms with Gasteiger partial charge in [0.15, 0.2) is 0 Å². The van der Waals surface area contributed by atoms with E-state index in [9.17, 15) is 0 Å². The van der Waals surface area contributed by atoms with Gasteiger partial charge in [-0.3, -0.25) is 4.98 Å². The van der Waals surface area contributed by atoms with E-state index in [1.165, 1.54) is 5.56 Å². The molecule has 0 aliphatic rings. The zero-order valence-electron chi connectivity index (χ0n) is 11.1. The third-order valence-electron chi connectivity index (χ3n) is 3.03. The van der Waals surface area contributed by atoms with Crippen molar-refractivity contribution in [3.63, 3.8) is 0 Å². The van der Waals surface area contributed by atoms with Crippen LogP contribution in [0.3, 0.4) is 0 Å². The Labute approximate surface area is 122 Å². The molecule has 0 saturated heterocycles. The van der Waals surface area contributed by atoms with Crippen LogP contribution in [0.15, 0.2) is 47.2 Å². The molecule has 0 aliphatic heterocycles. The lowest BCUT2D eigenvalue weighted by atomic mass is 10.1. The zero-order valence-corrected chi connectivity index (χ0v) is 12.6. The van der Waals surface area contributed by atoms with Crippen LogP contribution in [0.1, 0.15) is 24.1 Å². The van der Waals surface area contributed by atoms with E-state index in [0.717, 1.165) is 22.3 Å². The fraction of sp³-hybridized carbons (Fsp3) is 0.267. The van der Waals surface area contributed by atoms with Crippen LogP contribution in [0, 0.1) is 0 Å². The third kappa shape index (κ3) is 3.78. The first-order chi connectivity index (χ1) is 9.20. The molecule has 1 aromatic carbocycles. The molecule has 0 bridgehead atoms. The van der Waals surface area contributed by atoms with Crippen molar-refractivity contribution in [2.45, 2.75) is 19.5 Å². The number of nitrogens with one attached hydrogen (secondary N) is 1. The van der Waals surface area contributed by atoms with Crippen LogP contribution in [0.4, 0.5) is 0 Å². The second-order valence-electron chi connectivity index (χ2n) is 4.35. The summed E-state index contributed by atoms with van der Waals surface area (Å²) in [5, 5.41) is 3.48. The minimum Gasteiger partial charge on any atom is -0.496 e. The van der Waals surface area contributed by atoms with Gasteiger partial charge in [-0.15, -0.1) is 0 Å². The number of pyridine rings is 1. The number of halogens is 1. The Kier molecular flexibility index (Phi) is 4.93. The van der Waals surface area contributed by atoms with Crippen molar-refractivity contribution >= 4 is 15.9 Å². The number of hydrogen-bond donors (Lipinski definition) is 1. The number of rotatable bonds is 5. The molecular formula is C15H17BrN2O. The fourth-order valence-electron chi connectivity index (χ4n) is 1.90. The first-order valence-corrected chi connectivity index (χ1v) is 6.95. The highest BCUT2D eigenvalue weighted by atomic mass is 79.9. The highest BCUT2D eigenvalue weighted by molar-refractivity contribution is 9.10. The van der Waals surface area contributed by atoms with Crippen LogP contribution in [0.5, 0.6) is 5.75 Å². The van der Waals surface area contributed by atoms with Crippen molar-refractivity contribution in [1.82, 2.24) is 10.3 Å². The maximum Gasteiger partial charge on any atom is 0.123 e. The summed E-state index contributed by atoms with van der Waals surface area (Å²) in [6, 6.07) is 10.3. The molecule has 4 heteroatoms. The molecule has 3 nitrogen and oxygen atoms in total. The number of aromatic nitrogens is 1. The normalized spacial score (nSPS) is 12.2. The Morgan fingerprint density at radius 2 is 2.21 bits per heavy atom. The Hall–Kier alpha value is -1.39. The maximum absolute atomic E-state index is 5.37. The molecule has 0 amide bonds. The van der Waals surface area contributed by atoms with Crippen molar-refractivity contribution in [2.75, 3.05) is 7.11 Å². The van der Waals surface area contributed by atoms with Gasteiger partial charge in [-0.1, -0.05) is 22.0 Å². The molecule has 1 atom stereocenters. The lowest BCUT2D eigenvalue weighted by molar-refractivity contribution is 0.406. The van der Waals surface area contributed by atoms with Crippen LogP contribution in [-0.2, 0) is 6.54 Å². The van der Waals surface area contributed by atoms with Crippen LogP contribution >= 0.6 is 15.9 Å². The first-order valence-electron chi connectivity index (χ1n) is 6.16. The molecule has 2 aromatic rings. The van der Waals surface area contributed by atoms with Gasteiger partial charge >= 0.3 is 0 Å². The van der Waals surface area contributed by atoms with E-state index < -0.39 is 0 Å². The molecule has 1 N–H and O–H groups in total. The lowest BCUT2D eigenvalue weighted by Crippen LogP contribution is -2.18. The van der Waals surface area contributed by atoms with Gasteiger partial charge in [0.1, 0.15) is 5.75 Å². The SMILES string of the molecule is COc1ccc(Br)cc1CN[C@H](C)c1cccnc1. The standard InChI is InChI=1S/C15H17BrN2O/c1-11(12-4-3-7-17-9-12)18-10-13-8-14(16)5-6-15(13)19-2/h3-9,11,18H,10H2,1-2H3/t11-/m1/s1. The molecule has 0 unspecified atom stereocenters. The molecule has 0 spiro atoms. The summed E-state index contributed by atoms with van der Waals surface area (Å²) in [6.07, 6.45) is 3.67. The largest absolute Gasteiger partial charge is 0.496 e. The van der Waals surface area contributed by atoms with E-state index in [1.807, 2.05) is 24.4 Å². The smallest absolute Gasteiger partial charge is 0.123 e. The van der Waals surface area contributed by atoms with E-state index in [-0.39, 0.29) is 6.04 Å². The van der Waals surface area contributed by atoms with Gasteiger partial charge in [0.25, 0.3) is 0 Å². The number of ether oxygens (including phenoxy) is 1. The van der Waals surface area contributed by atoms with Gasteiger partial charge in [0, 0.05) is 35.0 Å². The van der Waals surface area contributed by atoms with Crippen molar-refractivity contribution < 1.29 is 4.74 Å². The average Bonchev–Trinajstić information content (AvgIpc) is 2.46. The minimum absolute atomic E-state index is 0.248. The van der Waals surface area contributed by atoms with Gasteiger partial charge in [0.05, 0.1) is 7.11 Å². The predicted octanol–water partition coefficient (Wildman–Crippen LogP) is 3.70. The van der Waals surface area contributed by atoms with Gasteiger partial charge in [0.2, 0.25) is 0 Å². The van der Waals surface area contributed by atoms with E-state index in [4.69, 9.17) is 4.74 Å². The molecule has 0 saturated carbocycles. The summed E-state index contributed by atoms with van der Waals surface area (Å²) in [7, 11) is 1.69. The summed E-state index contributed by atoms with van der Waals surface area (Å²) in [6.45, 7) is 2.88. The maximum atomic E-state index is 5.37. The summed E-state index contributed by atoms with van der Waals surface area (Å²) < 4.78 is 6.42. The van der Waals surface area contributed by atoms with Crippen molar-refractivity contribution in [1.29, 1.82) is 0 Å². The summed E-state index contributed by atoms with van der Waals surface area (Å²) in [5.41, 5.74) is 2.31. The Morgan fingerprint density at radius 3 is 2.89 bits per heavy atom. The molecule has 1 heterocycles. The lowest BCUT2D eigenvalue weighted by Gasteiger charge is -2.15. The van der Waals surface area contributed by atoms with Crippen LogP contribution < -0.4 is 10.1 Å². The number of benzene rings is 1. The van der Waals surface area contributed by atoms with E-state index >= 15 is 0 Å². The molecule has 0 fully saturated rings. The number of methoxy groups -OCH3 is 1. The van der Waals surface area contributed by atoms with Crippen LogP contribution in [0.2, 0.25) is 0 Å². The fourth-order valence-corrected chi connectivity index (χ4v) is 2.31. The van der Waals surface area contributed by atoms with E-state index in [2.05, 4.69) is 45.3 Å². The quantitative estimate of drug-likeness (QED) is 0.912. The van der Waals surface area contributed by atoms with Gasteiger partial charge in [-0.05, 0) is 36.8 Å². The van der Waals surface area contributed by atoms with Gasteiger partial charge in [-0.2, -0.15) is 0 Å². The molecule has 1 aromatic heterocycles. The highest BCUT2D eigenvalue weighted by Gasteiger charge is 2.08. The number of hydrogen-bond acceptors (Lipinski definition) is 3. The third-order valence-corrected chi connectivity index (χ3v) is 3.52. The molecule has 0 radical (unpaired) electrons. The average molecular weight is 321 g/mol. The van der Waals surface area contributed by atoms with E-state index in [0.29, 0.717) is 0 Å². The van der Waals surface area contributed by atoms with Crippen LogP contribution in [-0.4, -0.2) is 12.1 Å². The summed E-state index contributed by atoms with van der Waals surface area (Å²) in [4.78, 5) is 4.14. The summed E-state index contributed by atoms with van der Waals surface area (Å²) in [5.74, 6) is 0.897. The van der Waals surface area contributed by atoms with Gasteiger partial charge < -0.3 is 10.1 Å². The molecule has 19 heavy (non-hydrogen) atoms. The first kappa shape index (κ1) is 14.0.